The minimum absolute atomic E-state index is 0.00278. The molecule has 6 heteroatoms. The second-order valence-corrected chi connectivity index (χ2v) is 10.1. The van der Waals surface area contributed by atoms with Crippen molar-refractivity contribution in [2.24, 2.45) is 0 Å². The summed E-state index contributed by atoms with van der Waals surface area (Å²) in [6.45, 7) is 4.23. The van der Waals surface area contributed by atoms with Crippen LogP contribution in [0.1, 0.15) is 35.7 Å². The topological polar surface area (TPSA) is 34.1 Å². The van der Waals surface area contributed by atoms with Crippen LogP contribution in [0, 0.1) is 0 Å². The van der Waals surface area contributed by atoms with E-state index in [0.717, 1.165) is 7.57 Å². The van der Waals surface area contributed by atoms with E-state index < -0.39 is 10.8 Å². The number of thiophene rings is 1. The van der Waals surface area contributed by atoms with Crippen molar-refractivity contribution in [1.82, 2.24) is 0 Å². The van der Waals surface area contributed by atoms with Crippen LogP contribution in [-0.4, -0.2) is 15.7 Å². The fraction of sp³-hybridized carbons (Fsp3) is 0.267. The van der Waals surface area contributed by atoms with Gasteiger partial charge >= 0.3 is 0 Å². The molecule has 2 rings (SSSR count). The van der Waals surface area contributed by atoms with E-state index in [9.17, 15) is 9.00 Å². The lowest BCUT2D eigenvalue weighted by molar-refractivity contribution is 0.102. The SMILES string of the molecule is CC(C)c1ccc(S(=O)CC(=O)c2cc(Br)sc2Br)cc1. The molecule has 0 amide bonds. The maximum Gasteiger partial charge on any atom is 0.177 e. The molecule has 112 valence electrons. The summed E-state index contributed by atoms with van der Waals surface area (Å²) < 4.78 is 13.9. The van der Waals surface area contributed by atoms with Crippen LogP contribution in [0.25, 0.3) is 0 Å². The smallest absolute Gasteiger partial charge is 0.177 e. The number of carbonyl (C=O) groups excluding carboxylic acids is 1. The van der Waals surface area contributed by atoms with Crippen molar-refractivity contribution in [3.05, 3.63) is 49.0 Å². The molecule has 0 fully saturated rings. The first-order valence-corrected chi connectivity index (χ1v) is 10.1. The van der Waals surface area contributed by atoms with Crippen LogP contribution in [-0.2, 0) is 10.8 Å². The standard InChI is InChI=1S/C15H14Br2O2S2/c1-9(2)10-3-5-11(6-4-10)21(19)8-13(18)12-7-14(16)20-15(12)17/h3-7,9H,8H2,1-2H3. The minimum atomic E-state index is -1.32. The fourth-order valence-corrected chi connectivity index (χ4v) is 5.67. The Labute approximate surface area is 147 Å². The Bertz CT molecular complexity index is 675. The van der Waals surface area contributed by atoms with Crippen molar-refractivity contribution in [2.75, 3.05) is 5.75 Å². The number of carbonyl (C=O) groups is 1. The Hall–Kier alpha value is -0.300. The molecule has 1 aromatic carbocycles. The Morgan fingerprint density at radius 1 is 1.24 bits per heavy atom. The van der Waals surface area contributed by atoms with Crippen molar-refractivity contribution in [3.8, 4) is 0 Å². The van der Waals surface area contributed by atoms with E-state index >= 15 is 0 Å². The highest BCUT2D eigenvalue weighted by Crippen LogP contribution is 2.32. The highest BCUT2D eigenvalue weighted by Gasteiger charge is 2.17. The summed E-state index contributed by atoms with van der Waals surface area (Å²) in [7, 11) is -1.32. The van der Waals surface area contributed by atoms with Crippen LogP contribution in [0.2, 0.25) is 0 Å². The zero-order valence-electron chi connectivity index (χ0n) is 11.6. The summed E-state index contributed by atoms with van der Waals surface area (Å²) >= 11 is 8.14. The average Bonchev–Trinajstić information content (AvgIpc) is 2.77. The van der Waals surface area contributed by atoms with Gasteiger partial charge in [-0.1, -0.05) is 26.0 Å². The number of Topliss-reactive ketones (excluding diaryl/α,β-unsaturated/α-hetero) is 1. The summed E-state index contributed by atoms with van der Waals surface area (Å²) in [5, 5.41) is 0. The van der Waals surface area contributed by atoms with E-state index in [0.29, 0.717) is 16.4 Å². The van der Waals surface area contributed by atoms with Crippen molar-refractivity contribution < 1.29 is 9.00 Å². The maximum absolute atomic E-state index is 12.3. The highest BCUT2D eigenvalue weighted by molar-refractivity contribution is 9.12. The largest absolute Gasteiger partial charge is 0.293 e. The fourth-order valence-electron chi connectivity index (χ4n) is 1.82. The zero-order valence-corrected chi connectivity index (χ0v) is 16.4. The molecular formula is C15H14Br2O2S2. The third-order valence-electron chi connectivity index (χ3n) is 3.03. The van der Waals surface area contributed by atoms with E-state index in [2.05, 4.69) is 45.7 Å². The van der Waals surface area contributed by atoms with Crippen molar-refractivity contribution in [1.29, 1.82) is 0 Å². The molecule has 2 aromatic rings. The van der Waals surface area contributed by atoms with Crippen LogP contribution in [0.5, 0.6) is 0 Å². The third-order valence-corrected chi connectivity index (χ3v) is 6.69. The van der Waals surface area contributed by atoms with Crippen LogP contribution in [0.3, 0.4) is 0 Å². The van der Waals surface area contributed by atoms with Crippen molar-refractivity contribution >= 4 is 59.8 Å². The number of rotatable bonds is 5. The molecule has 0 aliphatic carbocycles. The third kappa shape index (κ3) is 4.34. The van der Waals surface area contributed by atoms with E-state index in [1.165, 1.54) is 16.9 Å². The minimum Gasteiger partial charge on any atom is -0.293 e. The van der Waals surface area contributed by atoms with Crippen LogP contribution < -0.4 is 0 Å². The van der Waals surface area contributed by atoms with Gasteiger partial charge in [-0.15, -0.1) is 11.3 Å². The van der Waals surface area contributed by atoms with Crippen molar-refractivity contribution in [2.45, 2.75) is 24.7 Å². The molecule has 0 saturated carbocycles. The molecule has 1 heterocycles. The van der Waals surface area contributed by atoms with Gasteiger partial charge in [0.05, 0.1) is 24.1 Å². The number of hydrogen-bond acceptors (Lipinski definition) is 3. The predicted molar refractivity (Wildman–Crippen MR) is 95.9 cm³/mol. The quantitative estimate of drug-likeness (QED) is 0.573. The normalized spacial score (nSPS) is 12.6. The van der Waals surface area contributed by atoms with Crippen LogP contribution in [0.4, 0.5) is 0 Å². The van der Waals surface area contributed by atoms with Crippen LogP contribution in [0.15, 0.2) is 42.8 Å². The number of ketones is 1. The predicted octanol–water partition coefficient (Wildman–Crippen LogP) is 5.39. The van der Waals surface area contributed by atoms with Gasteiger partial charge in [-0.3, -0.25) is 9.00 Å². The van der Waals surface area contributed by atoms with Gasteiger partial charge in [0, 0.05) is 10.5 Å². The van der Waals surface area contributed by atoms with Gasteiger partial charge in [0.15, 0.2) is 5.78 Å². The molecule has 1 aromatic heterocycles. The van der Waals surface area contributed by atoms with E-state index in [1.54, 1.807) is 6.07 Å². The molecule has 0 spiro atoms. The van der Waals surface area contributed by atoms with Gasteiger partial charge in [0.1, 0.15) is 0 Å². The Morgan fingerprint density at radius 2 is 1.86 bits per heavy atom. The number of benzene rings is 1. The first-order chi connectivity index (χ1) is 9.88. The van der Waals surface area contributed by atoms with Crippen molar-refractivity contribution in [3.63, 3.8) is 0 Å². The van der Waals surface area contributed by atoms with Gasteiger partial charge in [0.25, 0.3) is 0 Å². The van der Waals surface area contributed by atoms with E-state index in [4.69, 9.17) is 0 Å². The Balaban J connectivity index is 2.10. The lowest BCUT2D eigenvalue weighted by atomic mass is 10.0. The van der Waals surface area contributed by atoms with Gasteiger partial charge in [-0.2, -0.15) is 0 Å². The maximum atomic E-state index is 12.3. The summed E-state index contributed by atoms with van der Waals surface area (Å²) in [5.41, 5.74) is 1.78. The summed E-state index contributed by atoms with van der Waals surface area (Å²) in [6.07, 6.45) is 0. The molecular weight excluding hydrogens is 436 g/mol. The number of hydrogen-bond donors (Lipinski definition) is 0. The zero-order chi connectivity index (χ0) is 15.6. The van der Waals surface area contributed by atoms with E-state index in [1.807, 2.05) is 24.3 Å². The lowest BCUT2D eigenvalue weighted by Crippen LogP contribution is -2.10. The summed E-state index contributed by atoms with van der Waals surface area (Å²) in [6, 6.07) is 9.39. The summed E-state index contributed by atoms with van der Waals surface area (Å²) in [4.78, 5) is 12.9. The van der Waals surface area contributed by atoms with Gasteiger partial charge in [-0.25, -0.2) is 0 Å². The van der Waals surface area contributed by atoms with E-state index in [-0.39, 0.29) is 11.5 Å². The lowest BCUT2D eigenvalue weighted by Gasteiger charge is -2.06. The second-order valence-electron chi connectivity index (χ2n) is 4.87. The molecule has 2 nitrogen and oxygen atoms in total. The Morgan fingerprint density at radius 3 is 2.33 bits per heavy atom. The molecule has 0 bridgehead atoms. The molecule has 0 aliphatic rings. The molecule has 0 N–H and O–H groups in total. The molecule has 1 atom stereocenters. The Kier molecular flexibility index (Phi) is 5.94. The van der Waals surface area contributed by atoms with Crippen LogP contribution >= 0.6 is 43.2 Å². The monoisotopic (exact) mass is 448 g/mol. The molecule has 0 aliphatic heterocycles. The number of halogens is 2. The van der Waals surface area contributed by atoms with Gasteiger partial charge < -0.3 is 0 Å². The average molecular weight is 450 g/mol. The molecule has 0 saturated heterocycles. The van der Waals surface area contributed by atoms with Gasteiger partial charge in [-0.05, 0) is 61.5 Å². The molecule has 1 unspecified atom stereocenters. The molecule has 0 radical (unpaired) electrons. The molecule has 21 heavy (non-hydrogen) atoms. The second kappa shape index (κ2) is 7.31. The first-order valence-electron chi connectivity index (χ1n) is 6.35. The highest BCUT2D eigenvalue weighted by atomic mass is 79.9. The van der Waals surface area contributed by atoms with Gasteiger partial charge in [0.2, 0.25) is 0 Å². The first kappa shape index (κ1) is 17.1. The summed E-state index contributed by atoms with van der Waals surface area (Å²) in [5.74, 6) is 0.325.